The van der Waals surface area contributed by atoms with Gasteiger partial charge in [-0.05, 0) is 80.2 Å². The Labute approximate surface area is 347 Å². The Kier molecular flexibility index (Phi) is 9.75. The predicted octanol–water partition coefficient (Wildman–Crippen LogP) is 5.27. The van der Waals surface area contributed by atoms with Gasteiger partial charge in [-0.3, -0.25) is 14.5 Å². The normalized spacial score (nSPS) is 35.7. The van der Waals surface area contributed by atoms with E-state index in [1.54, 1.807) is 7.11 Å². The lowest BCUT2D eigenvalue weighted by Gasteiger charge is -2.63. The first-order valence-electron chi connectivity index (χ1n) is 21.7. The molecule has 1 aliphatic carbocycles. The molecule has 10 atom stereocenters. The molecule has 1 unspecified atom stereocenters. The van der Waals surface area contributed by atoms with Crippen LogP contribution in [0.4, 0.5) is 5.69 Å². The topological polar surface area (TPSA) is 134 Å². The first kappa shape index (κ1) is 40.0. The molecule has 2 N–H and O–H groups in total. The Hall–Kier alpha value is -4.39. The number of nitrogens with one attached hydrogen (secondary N) is 1. The molecule has 2 bridgehead atoms. The molecule has 1 spiro atoms. The number of anilines is 1. The lowest BCUT2D eigenvalue weighted by molar-refractivity contribution is -0.228. The van der Waals surface area contributed by atoms with Crippen LogP contribution >= 0.6 is 0 Å². The molecule has 316 valence electrons. The number of nitrogens with zero attached hydrogens (tertiary/aromatic N) is 3. The van der Waals surface area contributed by atoms with Crippen molar-refractivity contribution in [2.24, 2.45) is 17.3 Å². The van der Waals surface area contributed by atoms with E-state index in [1.165, 1.54) is 21.1 Å². The molecule has 3 fully saturated rings. The number of aliphatic hydroxyl groups is 1. The summed E-state index contributed by atoms with van der Waals surface area (Å²) in [4.78, 5) is 53.6. The maximum Gasteiger partial charge on any atom is 0.344 e. The van der Waals surface area contributed by atoms with Gasteiger partial charge < -0.3 is 38.8 Å². The van der Waals surface area contributed by atoms with Crippen LogP contribution in [0.1, 0.15) is 81.7 Å². The zero-order valence-electron chi connectivity index (χ0n) is 35.6. The number of esters is 3. The van der Waals surface area contributed by atoms with Crippen molar-refractivity contribution in [1.82, 2.24) is 14.8 Å². The number of aromatic nitrogens is 1. The number of rotatable bonds is 8. The number of likely N-dealkylation sites (N-methyl/N-ethyl adjacent to an activating group) is 1. The third-order valence-electron chi connectivity index (χ3n) is 15.6. The number of benzene rings is 2. The summed E-state index contributed by atoms with van der Waals surface area (Å²) in [5, 5.41) is 14.4. The number of aromatic amines is 1. The molecule has 59 heavy (non-hydrogen) atoms. The summed E-state index contributed by atoms with van der Waals surface area (Å²) in [6, 6.07) is 11.3. The van der Waals surface area contributed by atoms with E-state index in [4.69, 9.17) is 18.9 Å². The van der Waals surface area contributed by atoms with E-state index in [0.29, 0.717) is 49.6 Å². The monoisotopic (exact) mass is 808 g/mol. The second-order valence-corrected chi connectivity index (χ2v) is 18.3. The molecule has 2 aromatic carbocycles. The molecule has 0 radical (unpaired) electrons. The Morgan fingerprint density at radius 3 is 2.47 bits per heavy atom. The van der Waals surface area contributed by atoms with Gasteiger partial charge in [0.15, 0.2) is 6.10 Å². The number of hydrogen-bond acceptors (Lipinski definition) is 11. The van der Waals surface area contributed by atoms with E-state index < -0.39 is 45.9 Å². The Morgan fingerprint density at radius 2 is 1.76 bits per heavy atom. The molecule has 2 saturated heterocycles. The standard InChI is InChI=1S/C47H60N4O8/c1-8-13-29-22-30-25-46(42(53)57-6,38-32(16-20-50(26-29)27-30)31-14-10-11-15-35(31)48-38)34-23-33-36(24-37(34)56-5)49(4)40-45(33)18-21-51-19-12-17-44(9-2,39(45)51)41(59-28(3)52)47(40,55)43(54)58-7/h10-12,14-15,17,23-24,29-30,39-41,48,55H,8-9,13,16,18-22,25-27H2,1-7H3/t29-,30-,39-,40+,41+,44+,45+,46+,47-/m0/s1. The van der Waals surface area contributed by atoms with Crippen LogP contribution in [0.5, 0.6) is 5.75 Å². The minimum atomic E-state index is -2.27. The Bertz CT molecular complexity index is 2220. The number of methoxy groups -OCH3 is 3. The van der Waals surface area contributed by atoms with Gasteiger partial charge in [0.25, 0.3) is 0 Å². The van der Waals surface area contributed by atoms with Crippen molar-refractivity contribution in [3.05, 3.63) is 70.9 Å². The smallest absolute Gasteiger partial charge is 0.344 e. The maximum absolute atomic E-state index is 15.4. The van der Waals surface area contributed by atoms with Crippen LogP contribution in [0.2, 0.25) is 0 Å². The molecule has 9 rings (SSSR count). The van der Waals surface area contributed by atoms with E-state index in [9.17, 15) is 14.7 Å². The lowest BCUT2D eigenvalue weighted by Crippen LogP contribution is -2.81. The number of piperidine rings is 1. The number of carbonyl (C=O) groups excluding carboxylic acids is 3. The van der Waals surface area contributed by atoms with Gasteiger partial charge in [0.1, 0.15) is 11.2 Å². The van der Waals surface area contributed by atoms with Gasteiger partial charge in [-0.15, -0.1) is 0 Å². The van der Waals surface area contributed by atoms with Crippen molar-refractivity contribution in [3.8, 4) is 5.75 Å². The quantitative estimate of drug-likeness (QED) is 0.175. The molecule has 6 heterocycles. The number of carbonyl (C=O) groups is 3. The summed E-state index contributed by atoms with van der Waals surface area (Å²) in [5.74, 6) is -0.554. The van der Waals surface area contributed by atoms with Crippen molar-refractivity contribution in [2.75, 3.05) is 66.0 Å². The van der Waals surface area contributed by atoms with Crippen molar-refractivity contribution >= 4 is 34.5 Å². The SMILES string of the molecule is CCC[C@H]1C[C@@H]2CN(CCc3c([nH]c4ccccc34)[C@](C(=O)OC)(c3cc4c(cc3OC)N(C)[C@H]3[C@@](O)(C(=O)OC)[C@H](OC(C)=O)[C@]5(CC)C=CCN6CC[C@]43[C@@H]65)C2)C1. The van der Waals surface area contributed by atoms with Gasteiger partial charge in [-0.1, -0.05) is 50.6 Å². The van der Waals surface area contributed by atoms with Crippen molar-refractivity contribution in [3.63, 3.8) is 0 Å². The number of H-pyrrole nitrogens is 1. The van der Waals surface area contributed by atoms with Crippen LogP contribution in [0.3, 0.4) is 0 Å². The molecule has 0 amide bonds. The zero-order valence-corrected chi connectivity index (χ0v) is 35.6. The highest BCUT2D eigenvalue weighted by Crippen LogP contribution is 2.68. The summed E-state index contributed by atoms with van der Waals surface area (Å²) < 4.78 is 24.1. The largest absolute Gasteiger partial charge is 0.496 e. The second kappa shape index (κ2) is 14.4. The fourth-order valence-electron chi connectivity index (χ4n) is 13.8. The van der Waals surface area contributed by atoms with Crippen LogP contribution in [-0.2, 0) is 45.8 Å². The van der Waals surface area contributed by atoms with Crippen LogP contribution in [0.25, 0.3) is 10.9 Å². The van der Waals surface area contributed by atoms with Crippen molar-refractivity contribution in [1.29, 1.82) is 0 Å². The molecule has 12 heteroatoms. The maximum atomic E-state index is 15.4. The number of para-hydroxylation sites is 1. The highest BCUT2D eigenvalue weighted by atomic mass is 16.6. The molecule has 5 aliphatic heterocycles. The van der Waals surface area contributed by atoms with Gasteiger partial charge in [-0.25, -0.2) is 4.79 Å². The molecular weight excluding hydrogens is 749 g/mol. The number of ether oxygens (including phenoxy) is 4. The minimum absolute atomic E-state index is 0.185. The van der Waals surface area contributed by atoms with E-state index in [0.717, 1.165) is 78.7 Å². The summed E-state index contributed by atoms with van der Waals surface area (Å²) in [6.07, 6.45) is 8.53. The molecule has 3 aromatic rings. The van der Waals surface area contributed by atoms with Gasteiger partial charge in [0, 0.05) is 90.9 Å². The first-order chi connectivity index (χ1) is 28.4. The second-order valence-electron chi connectivity index (χ2n) is 18.3. The molecule has 1 saturated carbocycles. The van der Waals surface area contributed by atoms with E-state index >= 15 is 4.79 Å². The van der Waals surface area contributed by atoms with Gasteiger partial charge in [0.05, 0.1) is 27.4 Å². The Morgan fingerprint density at radius 1 is 0.983 bits per heavy atom. The number of hydrogen-bond donors (Lipinski definition) is 2. The van der Waals surface area contributed by atoms with Crippen molar-refractivity contribution in [2.45, 2.75) is 100 Å². The average molecular weight is 809 g/mol. The summed E-state index contributed by atoms with van der Waals surface area (Å²) in [7, 11) is 6.30. The number of fused-ring (bicyclic) bond motifs is 6. The Balaban J connectivity index is 1.35. The fourth-order valence-corrected chi connectivity index (χ4v) is 13.8. The van der Waals surface area contributed by atoms with Crippen LogP contribution in [-0.4, -0.2) is 123 Å². The third kappa shape index (κ3) is 5.33. The minimum Gasteiger partial charge on any atom is -0.496 e. The van der Waals surface area contributed by atoms with Gasteiger partial charge in [0.2, 0.25) is 5.60 Å². The summed E-state index contributed by atoms with van der Waals surface area (Å²) >= 11 is 0. The third-order valence-corrected chi connectivity index (χ3v) is 15.6. The fraction of sp³-hybridized carbons (Fsp3) is 0.596. The zero-order chi connectivity index (χ0) is 41.6. The lowest BCUT2D eigenvalue weighted by atomic mass is 9.47. The average Bonchev–Trinajstić information content (AvgIpc) is 3.90. The summed E-state index contributed by atoms with van der Waals surface area (Å²) in [6.45, 7) is 9.80. The molecule has 1 aromatic heterocycles. The van der Waals surface area contributed by atoms with Crippen LogP contribution in [0.15, 0.2) is 48.6 Å². The van der Waals surface area contributed by atoms with E-state index in [-0.39, 0.29) is 17.9 Å². The highest BCUT2D eigenvalue weighted by Gasteiger charge is 2.80. The molecule has 12 nitrogen and oxygen atoms in total. The molecule has 6 aliphatic rings. The summed E-state index contributed by atoms with van der Waals surface area (Å²) in [5.41, 5.74) is -0.0423. The van der Waals surface area contributed by atoms with E-state index in [1.807, 2.05) is 31.0 Å². The van der Waals surface area contributed by atoms with Gasteiger partial charge in [-0.2, -0.15) is 0 Å². The highest BCUT2D eigenvalue weighted by molar-refractivity contribution is 5.95. The first-order valence-corrected chi connectivity index (χ1v) is 21.7. The van der Waals surface area contributed by atoms with Crippen molar-refractivity contribution < 1.29 is 38.4 Å². The molecular formula is C47H60N4O8. The van der Waals surface area contributed by atoms with Crippen LogP contribution < -0.4 is 9.64 Å². The predicted molar refractivity (Wildman–Crippen MR) is 224 cm³/mol. The van der Waals surface area contributed by atoms with Gasteiger partial charge >= 0.3 is 17.9 Å². The van der Waals surface area contributed by atoms with E-state index in [2.05, 4.69) is 58.1 Å². The van der Waals surface area contributed by atoms with Crippen LogP contribution in [0, 0.1) is 17.3 Å².